The minimum Gasteiger partial charge on any atom is -0.393 e. The third kappa shape index (κ3) is 4.63. The highest BCUT2D eigenvalue weighted by molar-refractivity contribution is 4.77. The summed E-state index contributed by atoms with van der Waals surface area (Å²) in [5, 5.41) is 9.71. The average Bonchev–Trinajstić information content (AvgIpc) is 2.83. The SMILES string of the molecule is COC(C)(C)CC(O)CCC1CC1. The summed E-state index contributed by atoms with van der Waals surface area (Å²) in [7, 11) is 1.70. The number of rotatable bonds is 6. The maximum atomic E-state index is 9.71. The molecule has 0 spiro atoms. The fourth-order valence-corrected chi connectivity index (χ4v) is 1.59. The lowest BCUT2D eigenvalue weighted by Gasteiger charge is -2.25. The molecule has 0 aliphatic heterocycles. The monoisotopic (exact) mass is 186 g/mol. The smallest absolute Gasteiger partial charge is 0.0647 e. The van der Waals surface area contributed by atoms with E-state index in [0.29, 0.717) is 0 Å². The van der Waals surface area contributed by atoms with Crippen LogP contribution >= 0.6 is 0 Å². The highest BCUT2D eigenvalue weighted by atomic mass is 16.5. The molecule has 0 heterocycles. The highest BCUT2D eigenvalue weighted by Gasteiger charge is 2.25. The molecule has 13 heavy (non-hydrogen) atoms. The van der Waals surface area contributed by atoms with Crippen molar-refractivity contribution in [2.24, 2.45) is 5.92 Å². The summed E-state index contributed by atoms with van der Waals surface area (Å²) < 4.78 is 5.27. The summed E-state index contributed by atoms with van der Waals surface area (Å²) in [6.45, 7) is 4.04. The molecule has 0 aromatic carbocycles. The minimum absolute atomic E-state index is 0.178. The molecule has 1 unspecified atom stereocenters. The Kier molecular flexibility index (Phi) is 3.74. The Morgan fingerprint density at radius 2 is 2.08 bits per heavy atom. The molecule has 0 aromatic rings. The first-order valence-electron chi connectivity index (χ1n) is 5.27. The van der Waals surface area contributed by atoms with Gasteiger partial charge in [-0.15, -0.1) is 0 Å². The standard InChI is InChI=1S/C11H22O2/c1-11(2,13-3)8-10(12)7-6-9-4-5-9/h9-10,12H,4-8H2,1-3H3. The zero-order valence-electron chi connectivity index (χ0n) is 9.05. The van der Waals surface area contributed by atoms with Crippen molar-refractivity contribution in [3.8, 4) is 0 Å². The lowest BCUT2D eigenvalue weighted by atomic mass is 9.97. The predicted molar refractivity (Wildman–Crippen MR) is 53.7 cm³/mol. The molecule has 0 saturated heterocycles. The van der Waals surface area contributed by atoms with Crippen molar-refractivity contribution in [2.75, 3.05) is 7.11 Å². The van der Waals surface area contributed by atoms with Crippen LogP contribution in [0.4, 0.5) is 0 Å². The zero-order valence-corrected chi connectivity index (χ0v) is 9.05. The maximum Gasteiger partial charge on any atom is 0.0647 e. The van der Waals surface area contributed by atoms with Crippen LogP contribution in [0.1, 0.15) is 46.0 Å². The van der Waals surface area contributed by atoms with Crippen molar-refractivity contribution in [1.29, 1.82) is 0 Å². The Balaban J connectivity index is 2.11. The normalized spacial score (nSPS) is 20.3. The fraction of sp³-hybridized carbons (Fsp3) is 1.00. The second kappa shape index (κ2) is 4.43. The first-order chi connectivity index (χ1) is 6.03. The van der Waals surface area contributed by atoms with Crippen LogP contribution in [-0.2, 0) is 4.74 Å². The molecule has 0 bridgehead atoms. The van der Waals surface area contributed by atoms with Crippen molar-refractivity contribution in [1.82, 2.24) is 0 Å². The molecule has 0 amide bonds. The Morgan fingerprint density at radius 3 is 2.54 bits per heavy atom. The summed E-state index contributed by atoms with van der Waals surface area (Å²) in [4.78, 5) is 0. The van der Waals surface area contributed by atoms with Crippen molar-refractivity contribution < 1.29 is 9.84 Å². The van der Waals surface area contributed by atoms with E-state index in [2.05, 4.69) is 0 Å². The molecule has 2 nitrogen and oxygen atoms in total. The van der Waals surface area contributed by atoms with E-state index in [4.69, 9.17) is 4.74 Å². The van der Waals surface area contributed by atoms with Crippen LogP contribution in [0.25, 0.3) is 0 Å². The van der Waals surface area contributed by atoms with Crippen molar-refractivity contribution >= 4 is 0 Å². The summed E-state index contributed by atoms with van der Waals surface area (Å²) in [6, 6.07) is 0. The second-order valence-corrected chi connectivity index (χ2v) is 4.84. The fourth-order valence-electron chi connectivity index (χ4n) is 1.59. The van der Waals surface area contributed by atoms with Gasteiger partial charge in [0.1, 0.15) is 0 Å². The first kappa shape index (κ1) is 11.0. The van der Waals surface area contributed by atoms with E-state index in [9.17, 15) is 5.11 Å². The Morgan fingerprint density at radius 1 is 1.46 bits per heavy atom. The summed E-state index contributed by atoms with van der Waals surface area (Å²) >= 11 is 0. The molecule has 1 N–H and O–H groups in total. The maximum absolute atomic E-state index is 9.71. The van der Waals surface area contributed by atoms with Gasteiger partial charge in [0, 0.05) is 13.5 Å². The van der Waals surface area contributed by atoms with E-state index in [1.165, 1.54) is 19.3 Å². The second-order valence-electron chi connectivity index (χ2n) is 4.84. The third-order valence-electron chi connectivity index (χ3n) is 2.88. The lowest BCUT2D eigenvalue weighted by Crippen LogP contribution is -2.28. The number of aliphatic hydroxyl groups excluding tert-OH is 1. The Bertz CT molecular complexity index is 150. The number of methoxy groups -OCH3 is 1. The van der Waals surface area contributed by atoms with Gasteiger partial charge in [-0.1, -0.05) is 12.8 Å². The third-order valence-corrected chi connectivity index (χ3v) is 2.88. The molecule has 1 fully saturated rings. The van der Waals surface area contributed by atoms with E-state index < -0.39 is 0 Å². The van der Waals surface area contributed by atoms with Crippen molar-refractivity contribution in [3.63, 3.8) is 0 Å². The Labute approximate surface area is 81.3 Å². The molecule has 0 aromatic heterocycles. The molecule has 1 rings (SSSR count). The van der Waals surface area contributed by atoms with Gasteiger partial charge in [-0.3, -0.25) is 0 Å². The van der Waals surface area contributed by atoms with Gasteiger partial charge in [0.25, 0.3) is 0 Å². The number of hydrogen-bond acceptors (Lipinski definition) is 2. The molecule has 1 atom stereocenters. The average molecular weight is 186 g/mol. The van der Waals surface area contributed by atoms with E-state index in [1.54, 1.807) is 7.11 Å². The Hall–Kier alpha value is -0.0800. The first-order valence-corrected chi connectivity index (χ1v) is 5.27. The van der Waals surface area contributed by atoms with Gasteiger partial charge < -0.3 is 9.84 Å². The van der Waals surface area contributed by atoms with Gasteiger partial charge in [0.2, 0.25) is 0 Å². The molecular formula is C11H22O2. The van der Waals surface area contributed by atoms with Crippen molar-refractivity contribution in [2.45, 2.75) is 57.7 Å². The topological polar surface area (TPSA) is 29.5 Å². The number of ether oxygens (including phenoxy) is 1. The van der Waals surface area contributed by atoms with Crippen molar-refractivity contribution in [3.05, 3.63) is 0 Å². The largest absolute Gasteiger partial charge is 0.393 e. The van der Waals surface area contributed by atoms with E-state index in [-0.39, 0.29) is 11.7 Å². The van der Waals surface area contributed by atoms with Gasteiger partial charge in [-0.25, -0.2) is 0 Å². The van der Waals surface area contributed by atoms with Crippen LogP contribution in [0.2, 0.25) is 0 Å². The molecule has 78 valence electrons. The predicted octanol–water partition coefficient (Wildman–Crippen LogP) is 2.35. The summed E-state index contributed by atoms with van der Waals surface area (Å²) in [5.41, 5.74) is -0.178. The molecule has 1 aliphatic rings. The summed E-state index contributed by atoms with van der Waals surface area (Å²) in [6.07, 6.45) is 5.45. The minimum atomic E-state index is -0.185. The van der Waals surface area contributed by atoms with Crippen LogP contribution < -0.4 is 0 Å². The zero-order chi connectivity index (χ0) is 9.90. The van der Waals surface area contributed by atoms with Gasteiger partial charge in [-0.05, 0) is 32.6 Å². The quantitative estimate of drug-likeness (QED) is 0.690. The van der Waals surface area contributed by atoms with E-state index >= 15 is 0 Å². The van der Waals surface area contributed by atoms with Gasteiger partial charge in [0.05, 0.1) is 11.7 Å². The molecule has 2 heteroatoms. The van der Waals surface area contributed by atoms with Crippen LogP contribution in [0.15, 0.2) is 0 Å². The van der Waals surface area contributed by atoms with E-state index in [1.807, 2.05) is 13.8 Å². The molecule has 0 radical (unpaired) electrons. The van der Waals surface area contributed by atoms with Crippen LogP contribution in [0.5, 0.6) is 0 Å². The summed E-state index contributed by atoms with van der Waals surface area (Å²) in [5.74, 6) is 0.917. The van der Waals surface area contributed by atoms with Crippen LogP contribution in [0, 0.1) is 5.92 Å². The molecular weight excluding hydrogens is 164 g/mol. The number of aliphatic hydroxyl groups is 1. The highest BCUT2D eigenvalue weighted by Crippen LogP contribution is 2.34. The number of hydrogen-bond donors (Lipinski definition) is 1. The van der Waals surface area contributed by atoms with Crippen LogP contribution in [-0.4, -0.2) is 23.9 Å². The van der Waals surface area contributed by atoms with Crippen LogP contribution in [0.3, 0.4) is 0 Å². The molecule has 1 saturated carbocycles. The molecule has 1 aliphatic carbocycles. The lowest BCUT2D eigenvalue weighted by molar-refractivity contribution is -0.0217. The van der Waals surface area contributed by atoms with Gasteiger partial charge in [0.15, 0.2) is 0 Å². The van der Waals surface area contributed by atoms with Gasteiger partial charge >= 0.3 is 0 Å². The van der Waals surface area contributed by atoms with E-state index in [0.717, 1.165) is 18.8 Å². The van der Waals surface area contributed by atoms with Gasteiger partial charge in [-0.2, -0.15) is 0 Å².